The molecule has 7 rings (SSSR count). The van der Waals surface area contributed by atoms with Crippen LogP contribution in [0.25, 0.3) is 10.9 Å². The van der Waals surface area contributed by atoms with Gasteiger partial charge in [0.2, 0.25) is 12.7 Å². The molecule has 3 aliphatic heterocycles. The summed E-state index contributed by atoms with van der Waals surface area (Å²) >= 11 is 0. The van der Waals surface area contributed by atoms with Crippen molar-refractivity contribution in [2.24, 2.45) is 13.0 Å². The fourth-order valence-corrected chi connectivity index (χ4v) is 6.51. The van der Waals surface area contributed by atoms with Crippen LogP contribution in [-0.4, -0.2) is 78.2 Å². The molecule has 4 heterocycles. The third kappa shape index (κ3) is 5.21. The Morgan fingerprint density at radius 3 is 2.59 bits per heavy atom. The van der Waals surface area contributed by atoms with Crippen molar-refractivity contribution in [3.05, 3.63) is 89.6 Å². The van der Waals surface area contributed by atoms with Gasteiger partial charge in [-0.25, -0.2) is 0 Å². The Morgan fingerprint density at radius 1 is 0.841 bits per heavy atom. The van der Waals surface area contributed by atoms with Gasteiger partial charge in [-0.15, -0.1) is 0 Å². The summed E-state index contributed by atoms with van der Waals surface area (Å²) in [6.45, 7) is 2.36. The third-order valence-corrected chi connectivity index (χ3v) is 8.79. The first-order valence-electron chi connectivity index (χ1n) is 15.0. The first-order chi connectivity index (χ1) is 21.5. The van der Waals surface area contributed by atoms with Crippen LogP contribution in [-0.2, 0) is 11.8 Å². The number of para-hydroxylation sites is 1. The number of aryl methyl sites for hydroxylation is 1. The first kappa shape index (κ1) is 27.8. The molecule has 1 fully saturated rings. The summed E-state index contributed by atoms with van der Waals surface area (Å²) in [4.78, 5) is 44.7. The van der Waals surface area contributed by atoms with Crippen molar-refractivity contribution in [1.82, 2.24) is 19.7 Å². The van der Waals surface area contributed by atoms with E-state index in [4.69, 9.17) is 14.2 Å². The van der Waals surface area contributed by atoms with Crippen LogP contribution in [0.4, 0.5) is 0 Å². The van der Waals surface area contributed by atoms with Crippen molar-refractivity contribution in [3.63, 3.8) is 0 Å². The summed E-state index contributed by atoms with van der Waals surface area (Å²) in [6.07, 6.45) is 2.49. The number of rotatable bonds is 2. The summed E-state index contributed by atoms with van der Waals surface area (Å²) in [5, 5.41) is 3.97. The molecule has 2 bridgehead atoms. The molecule has 4 aromatic rings. The Hall–Kier alpha value is -4.99. The maximum absolute atomic E-state index is 13.9. The van der Waals surface area contributed by atoms with Gasteiger partial charge in [0.15, 0.2) is 11.5 Å². The number of fused-ring (bicyclic) bond motifs is 6. The quantitative estimate of drug-likeness (QED) is 0.379. The number of hydrogen-bond donors (Lipinski definition) is 1. The van der Waals surface area contributed by atoms with E-state index in [0.29, 0.717) is 67.6 Å². The zero-order chi connectivity index (χ0) is 30.2. The van der Waals surface area contributed by atoms with E-state index in [1.165, 1.54) is 0 Å². The topological polar surface area (TPSA) is 102 Å². The number of likely N-dealkylation sites (tertiary alicyclic amines) is 1. The van der Waals surface area contributed by atoms with Gasteiger partial charge >= 0.3 is 0 Å². The van der Waals surface area contributed by atoms with Crippen molar-refractivity contribution in [2.75, 3.05) is 46.1 Å². The van der Waals surface area contributed by atoms with E-state index in [-0.39, 0.29) is 37.0 Å². The molecule has 44 heavy (non-hydrogen) atoms. The van der Waals surface area contributed by atoms with Gasteiger partial charge in [-0.1, -0.05) is 30.3 Å². The molecule has 1 aromatic heterocycles. The third-order valence-electron chi connectivity index (χ3n) is 8.79. The van der Waals surface area contributed by atoms with E-state index in [2.05, 4.69) is 5.32 Å². The highest BCUT2D eigenvalue weighted by Gasteiger charge is 2.41. The SMILES string of the molecule is Cn1cc(C(=O)N2C[C@@H]3C(=O)NCCN(C(=O)c4ccc5c(c4)OCO5)CCCOc4cccc(c4)[C@H]3C2)c2ccccc21. The number of carbonyl (C=O) groups excluding carboxylic acids is 3. The molecule has 3 aliphatic rings. The van der Waals surface area contributed by atoms with E-state index in [1.54, 1.807) is 28.0 Å². The zero-order valence-electron chi connectivity index (χ0n) is 24.5. The zero-order valence-corrected chi connectivity index (χ0v) is 24.5. The van der Waals surface area contributed by atoms with Crippen molar-refractivity contribution in [1.29, 1.82) is 0 Å². The molecular weight excluding hydrogens is 560 g/mol. The Kier molecular flexibility index (Phi) is 7.33. The minimum absolute atomic E-state index is 0.0899. The number of benzene rings is 3. The van der Waals surface area contributed by atoms with Crippen LogP contribution in [0.1, 0.15) is 38.6 Å². The first-order valence-corrected chi connectivity index (χ1v) is 15.0. The molecule has 1 N–H and O–H groups in total. The van der Waals surface area contributed by atoms with Crippen molar-refractivity contribution < 1.29 is 28.6 Å². The molecule has 0 unspecified atom stereocenters. The van der Waals surface area contributed by atoms with Gasteiger partial charge in [-0.2, -0.15) is 0 Å². The van der Waals surface area contributed by atoms with Crippen molar-refractivity contribution in [3.8, 4) is 17.2 Å². The predicted molar refractivity (Wildman–Crippen MR) is 163 cm³/mol. The summed E-state index contributed by atoms with van der Waals surface area (Å²) in [5.41, 5.74) is 3.07. The minimum atomic E-state index is -0.454. The second-order valence-electron chi connectivity index (χ2n) is 11.5. The smallest absolute Gasteiger partial charge is 0.256 e. The molecule has 3 amide bonds. The standard InChI is InChI=1S/C34H34N4O6/c1-36-18-28(25-8-2-3-9-29(25)36)34(41)38-19-26-22-6-4-7-24(16-22)42-15-5-13-37(14-12-35-32(39)27(26)20-38)33(40)23-10-11-30-31(17-23)44-21-43-30/h2-4,6-11,16-18,26-27H,5,12-15,19-21H2,1H3,(H,35,39)/t26-,27+/m1/s1. The Labute approximate surface area is 255 Å². The van der Waals surface area contributed by atoms with Crippen LogP contribution in [0.15, 0.2) is 72.9 Å². The fraction of sp³-hybridized carbons (Fsp3) is 0.324. The lowest BCUT2D eigenvalue weighted by atomic mass is 9.88. The van der Waals surface area contributed by atoms with E-state index in [9.17, 15) is 14.4 Å². The van der Waals surface area contributed by atoms with Gasteiger partial charge < -0.3 is 33.9 Å². The number of hydrogen-bond acceptors (Lipinski definition) is 6. The lowest BCUT2D eigenvalue weighted by molar-refractivity contribution is -0.125. The highest BCUT2D eigenvalue weighted by atomic mass is 16.7. The molecule has 1 saturated heterocycles. The molecule has 0 spiro atoms. The molecule has 0 saturated carbocycles. The number of aromatic nitrogens is 1. The summed E-state index contributed by atoms with van der Waals surface area (Å²) in [6, 6.07) is 20.8. The lowest BCUT2D eigenvalue weighted by Gasteiger charge is -2.25. The van der Waals surface area contributed by atoms with Crippen LogP contribution in [0, 0.1) is 5.92 Å². The van der Waals surface area contributed by atoms with Gasteiger partial charge in [0, 0.05) is 68.4 Å². The molecular formula is C34H34N4O6. The van der Waals surface area contributed by atoms with Gasteiger partial charge in [0.25, 0.3) is 11.8 Å². The van der Waals surface area contributed by atoms with E-state index < -0.39 is 5.92 Å². The van der Waals surface area contributed by atoms with Crippen LogP contribution in [0.5, 0.6) is 17.2 Å². The van der Waals surface area contributed by atoms with Crippen molar-refractivity contribution >= 4 is 28.6 Å². The van der Waals surface area contributed by atoms with E-state index >= 15 is 0 Å². The Morgan fingerprint density at radius 2 is 1.68 bits per heavy atom. The monoisotopic (exact) mass is 594 g/mol. The van der Waals surface area contributed by atoms with Crippen LogP contribution in [0.2, 0.25) is 0 Å². The molecule has 10 heteroatoms. The van der Waals surface area contributed by atoms with Crippen LogP contribution >= 0.6 is 0 Å². The number of amides is 3. The van der Waals surface area contributed by atoms with Gasteiger partial charge in [0.05, 0.1) is 18.1 Å². The highest BCUT2D eigenvalue weighted by Crippen LogP contribution is 2.36. The Bertz CT molecular complexity index is 1750. The molecule has 0 radical (unpaired) electrons. The normalized spacial score (nSPS) is 20.1. The number of ether oxygens (including phenoxy) is 3. The van der Waals surface area contributed by atoms with E-state index in [1.807, 2.05) is 66.3 Å². The largest absolute Gasteiger partial charge is 0.494 e. The molecule has 2 atom stereocenters. The van der Waals surface area contributed by atoms with Gasteiger partial charge in [0.1, 0.15) is 5.75 Å². The molecule has 226 valence electrons. The maximum atomic E-state index is 13.9. The molecule has 3 aromatic carbocycles. The Balaban J connectivity index is 1.13. The summed E-state index contributed by atoms with van der Waals surface area (Å²) < 4.78 is 18.9. The average molecular weight is 595 g/mol. The fourth-order valence-electron chi connectivity index (χ4n) is 6.51. The second kappa shape index (κ2) is 11.6. The van der Waals surface area contributed by atoms with Gasteiger partial charge in [-0.05, 0) is 48.4 Å². The summed E-state index contributed by atoms with van der Waals surface area (Å²) in [7, 11) is 1.93. The van der Waals surface area contributed by atoms with E-state index in [0.717, 1.165) is 16.5 Å². The van der Waals surface area contributed by atoms with Crippen LogP contribution < -0.4 is 19.5 Å². The summed E-state index contributed by atoms with van der Waals surface area (Å²) in [5.74, 6) is 0.823. The molecule has 0 aliphatic carbocycles. The minimum Gasteiger partial charge on any atom is -0.494 e. The maximum Gasteiger partial charge on any atom is 0.256 e. The number of nitrogens with zero attached hydrogens (tertiary/aromatic N) is 3. The average Bonchev–Trinajstić information content (AvgIpc) is 3.78. The van der Waals surface area contributed by atoms with Crippen molar-refractivity contribution in [2.45, 2.75) is 12.3 Å². The van der Waals surface area contributed by atoms with Crippen LogP contribution in [0.3, 0.4) is 0 Å². The molecule has 10 nitrogen and oxygen atoms in total. The highest BCUT2D eigenvalue weighted by molar-refractivity contribution is 6.07. The lowest BCUT2D eigenvalue weighted by Crippen LogP contribution is -2.42. The second-order valence-corrected chi connectivity index (χ2v) is 11.5. The van der Waals surface area contributed by atoms with Gasteiger partial charge in [-0.3, -0.25) is 14.4 Å². The predicted octanol–water partition coefficient (Wildman–Crippen LogP) is 3.80. The number of nitrogens with one attached hydrogen (secondary N) is 1. The number of carbonyl (C=O) groups is 3.